The molecule has 0 saturated carbocycles. The zero-order chi connectivity index (χ0) is 21.2. The van der Waals surface area contributed by atoms with Crippen LogP contribution in [0.15, 0.2) is 42.5 Å². The van der Waals surface area contributed by atoms with Gasteiger partial charge >= 0.3 is 0 Å². The number of ether oxygens (including phenoxy) is 2. The minimum atomic E-state index is -0.334. The molecule has 0 atom stereocenters. The van der Waals surface area contributed by atoms with Crippen molar-refractivity contribution < 1.29 is 19.1 Å². The summed E-state index contributed by atoms with van der Waals surface area (Å²) in [5.41, 5.74) is 7.50. The van der Waals surface area contributed by atoms with E-state index in [0.29, 0.717) is 29.3 Å². The van der Waals surface area contributed by atoms with Crippen LogP contribution in [0.5, 0.6) is 11.5 Å². The molecule has 30 heavy (non-hydrogen) atoms. The average Bonchev–Trinajstić information content (AvgIpc) is 2.74. The van der Waals surface area contributed by atoms with Crippen LogP contribution in [0.1, 0.15) is 11.1 Å². The van der Waals surface area contributed by atoms with Gasteiger partial charge in [0.05, 0.1) is 27.3 Å². The van der Waals surface area contributed by atoms with Crippen LogP contribution < -0.4 is 31.2 Å². The smallest absolute Gasteiger partial charge is 0.239 e. The Balaban J connectivity index is 0.00000450. The van der Waals surface area contributed by atoms with Gasteiger partial charge in [0.1, 0.15) is 5.84 Å². The van der Waals surface area contributed by atoms with Crippen molar-refractivity contribution in [3.8, 4) is 11.5 Å². The predicted molar refractivity (Wildman–Crippen MR) is 118 cm³/mol. The number of hydrogen-bond donors (Lipinski definition) is 5. The first-order valence-corrected chi connectivity index (χ1v) is 8.85. The standard InChI is InChI=1S/C20H25N5O4.ClH/c1-28-16-7-6-13(8-17(16)29-2)10-24-19(27)12-25-18(26)11-23-15-5-3-4-14(9-15)20(21)22;/h3-9,23H,10-12H2,1-2H3,(H3,21,22)(H,24,27)(H,25,26);1H. The molecule has 2 aromatic rings. The normalized spacial score (nSPS) is 9.67. The topological polar surface area (TPSA) is 139 Å². The van der Waals surface area contributed by atoms with E-state index in [9.17, 15) is 9.59 Å². The SMILES string of the molecule is COc1ccc(CNC(=O)CNC(=O)CNc2cccc(C(=N)N)c2)cc1OC.Cl. The number of nitrogens with one attached hydrogen (secondary N) is 4. The van der Waals surface area contributed by atoms with Crippen molar-refractivity contribution >= 4 is 35.7 Å². The highest BCUT2D eigenvalue weighted by molar-refractivity contribution is 5.96. The Labute approximate surface area is 181 Å². The number of carbonyl (C=O) groups is 2. The van der Waals surface area contributed by atoms with Crippen LogP contribution in [0.25, 0.3) is 0 Å². The summed E-state index contributed by atoms with van der Waals surface area (Å²) in [4.78, 5) is 23.9. The van der Waals surface area contributed by atoms with Crippen molar-refractivity contribution in [1.82, 2.24) is 10.6 Å². The molecule has 0 radical (unpaired) electrons. The van der Waals surface area contributed by atoms with E-state index in [1.807, 2.05) is 6.07 Å². The molecule has 6 N–H and O–H groups in total. The molecule has 10 heteroatoms. The van der Waals surface area contributed by atoms with Crippen molar-refractivity contribution in [1.29, 1.82) is 5.41 Å². The molecule has 0 aliphatic rings. The fourth-order valence-corrected chi connectivity index (χ4v) is 2.47. The number of benzene rings is 2. The molecule has 0 aliphatic carbocycles. The molecular formula is C20H26ClN5O4. The molecule has 0 bridgehead atoms. The van der Waals surface area contributed by atoms with Crippen LogP contribution in [-0.4, -0.2) is 45.0 Å². The van der Waals surface area contributed by atoms with Crippen LogP contribution in [0, 0.1) is 5.41 Å². The minimum Gasteiger partial charge on any atom is -0.493 e. The lowest BCUT2D eigenvalue weighted by atomic mass is 10.2. The quantitative estimate of drug-likeness (QED) is 0.281. The molecule has 2 rings (SSSR count). The highest BCUT2D eigenvalue weighted by Gasteiger charge is 2.08. The molecule has 0 spiro atoms. The van der Waals surface area contributed by atoms with Crippen LogP contribution in [0.2, 0.25) is 0 Å². The lowest BCUT2D eigenvalue weighted by Crippen LogP contribution is -2.39. The highest BCUT2D eigenvalue weighted by Crippen LogP contribution is 2.27. The summed E-state index contributed by atoms with van der Waals surface area (Å²) in [6.07, 6.45) is 0. The summed E-state index contributed by atoms with van der Waals surface area (Å²) in [7, 11) is 3.09. The zero-order valence-corrected chi connectivity index (χ0v) is 17.6. The average molecular weight is 436 g/mol. The van der Waals surface area contributed by atoms with E-state index in [-0.39, 0.29) is 43.1 Å². The molecule has 0 unspecified atom stereocenters. The number of halogens is 1. The van der Waals surface area contributed by atoms with Crippen LogP contribution in [-0.2, 0) is 16.1 Å². The third kappa shape index (κ3) is 7.51. The van der Waals surface area contributed by atoms with Gasteiger partial charge in [-0.15, -0.1) is 12.4 Å². The van der Waals surface area contributed by atoms with E-state index in [4.69, 9.17) is 20.6 Å². The summed E-state index contributed by atoms with van der Waals surface area (Å²) in [5.74, 6) is 0.485. The summed E-state index contributed by atoms with van der Waals surface area (Å²) >= 11 is 0. The Kier molecular flexibility index (Phi) is 9.98. The number of amidine groups is 1. The van der Waals surface area contributed by atoms with Gasteiger partial charge < -0.3 is 31.2 Å². The first kappa shape index (κ1) is 24.6. The Hall–Kier alpha value is -3.46. The third-order valence-electron chi connectivity index (χ3n) is 4.01. The Morgan fingerprint density at radius 3 is 2.33 bits per heavy atom. The van der Waals surface area contributed by atoms with Crippen LogP contribution >= 0.6 is 12.4 Å². The van der Waals surface area contributed by atoms with Gasteiger partial charge in [-0.2, -0.15) is 0 Å². The van der Waals surface area contributed by atoms with E-state index in [2.05, 4.69) is 16.0 Å². The molecule has 0 aromatic heterocycles. The number of nitrogens with two attached hydrogens (primary N) is 1. The fourth-order valence-electron chi connectivity index (χ4n) is 2.47. The summed E-state index contributed by atoms with van der Waals surface area (Å²) < 4.78 is 10.4. The second kappa shape index (κ2) is 12.2. The van der Waals surface area contributed by atoms with Crippen molar-refractivity contribution in [2.45, 2.75) is 6.54 Å². The van der Waals surface area contributed by atoms with Gasteiger partial charge in [-0.1, -0.05) is 18.2 Å². The molecule has 0 fully saturated rings. The molecule has 2 aromatic carbocycles. The number of amides is 2. The maximum absolute atomic E-state index is 12.0. The van der Waals surface area contributed by atoms with Gasteiger partial charge in [0.15, 0.2) is 11.5 Å². The number of rotatable bonds is 10. The van der Waals surface area contributed by atoms with Gasteiger partial charge in [0.25, 0.3) is 0 Å². The monoisotopic (exact) mass is 435 g/mol. The van der Waals surface area contributed by atoms with E-state index in [0.717, 1.165) is 5.56 Å². The zero-order valence-electron chi connectivity index (χ0n) is 16.8. The largest absolute Gasteiger partial charge is 0.493 e. The van der Waals surface area contributed by atoms with Gasteiger partial charge in [0, 0.05) is 17.8 Å². The Bertz CT molecular complexity index is 891. The van der Waals surface area contributed by atoms with Gasteiger partial charge in [0.2, 0.25) is 11.8 Å². The second-order valence-electron chi connectivity index (χ2n) is 6.09. The van der Waals surface area contributed by atoms with Gasteiger partial charge in [-0.25, -0.2) is 0 Å². The number of carbonyl (C=O) groups excluding carboxylic acids is 2. The number of nitrogen functional groups attached to an aromatic ring is 1. The lowest BCUT2D eigenvalue weighted by Gasteiger charge is -2.11. The third-order valence-corrected chi connectivity index (χ3v) is 4.01. The Morgan fingerprint density at radius 2 is 1.67 bits per heavy atom. The van der Waals surface area contributed by atoms with E-state index in [1.165, 1.54) is 0 Å². The van der Waals surface area contributed by atoms with Crippen molar-refractivity contribution in [2.75, 3.05) is 32.6 Å². The maximum atomic E-state index is 12.0. The van der Waals surface area contributed by atoms with Crippen LogP contribution in [0.3, 0.4) is 0 Å². The van der Waals surface area contributed by atoms with Gasteiger partial charge in [-0.05, 0) is 29.8 Å². The number of anilines is 1. The van der Waals surface area contributed by atoms with Crippen molar-refractivity contribution in [3.63, 3.8) is 0 Å². The fraction of sp³-hybridized carbons (Fsp3) is 0.250. The molecule has 162 valence electrons. The van der Waals surface area contributed by atoms with Gasteiger partial charge in [-0.3, -0.25) is 15.0 Å². The summed E-state index contributed by atoms with van der Waals surface area (Å²) in [6, 6.07) is 12.2. The summed E-state index contributed by atoms with van der Waals surface area (Å²) in [5, 5.41) is 15.6. The first-order valence-electron chi connectivity index (χ1n) is 8.85. The number of hydrogen-bond acceptors (Lipinski definition) is 6. The second-order valence-corrected chi connectivity index (χ2v) is 6.09. The molecule has 0 aliphatic heterocycles. The molecule has 0 heterocycles. The van der Waals surface area contributed by atoms with Crippen molar-refractivity contribution in [2.24, 2.45) is 5.73 Å². The molecule has 2 amide bonds. The highest BCUT2D eigenvalue weighted by atomic mass is 35.5. The van der Waals surface area contributed by atoms with E-state index < -0.39 is 0 Å². The van der Waals surface area contributed by atoms with E-state index in [1.54, 1.807) is 50.6 Å². The molecular weight excluding hydrogens is 410 g/mol. The van der Waals surface area contributed by atoms with E-state index >= 15 is 0 Å². The number of methoxy groups -OCH3 is 2. The first-order chi connectivity index (χ1) is 13.9. The minimum absolute atomic E-state index is 0. The Morgan fingerprint density at radius 1 is 0.967 bits per heavy atom. The lowest BCUT2D eigenvalue weighted by molar-refractivity contribution is -0.125. The maximum Gasteiger partial charge on any atom is 0.239 e. The summed E-state index contributed by atoms with van der Waals surface area (Å²) in [6.45, 7) is 0.150. The predicted octanol–water partition coefficient (Wildman–Crippen LogP) is 1.25. The molecule has 0 saturated heterocycles. The van der Waals surface area contributed by atoms with Crippen LogP contribution in [0.4, 0.5) is 5.69 Å². The molecule has 9 nitrogen and oxygen atoms in total. The van der Waals surface area contributed by atoms with Crippen molar-refractivity contribution in [3.05, 3.63) is 53.6 Å².